The summed E-state index contributed by atoms with van der Waals surface area (Å²) < 4.78 is 23.8. The maximum atomic E-state index is 11.9. The molecular weight excluding hydrogens is 210 g/mol. The average molecular weight is 220 g/mol. The Balaban J connectivity index is 2.59. The third-order valence-electron chi connectivity index (χ3n) is 1.55. The predicted octanol–water partition coefficient (Wildman–Crippen LogP) is 3.47. The summed E-state index contributed by atoms with van der Waals surface area (Å²) in [4.78, 5) is 0.609. The maximum absolute atomic E-state index is 11.9. The van der Waals surface area contributed by atoms with E-state index in [1.807, 2.05) is 12.1 Å². The zero-order valence-electron chi connectivity index (χ0n) is 6.91. The Bertz CT molecular complexity index is 246. The largest absolute Gasteiger partial charge is 0.288 e. The van der Waals surface area contributed by atoms with Crippen molar-refractivity contribution in [2.75, 3.05) is 5.75 Å². The molecule has 0 aliphatic carbocycles. The summed E-state index contributed by atoms with van der Waals surface area (Å²) in [5.74, 6) is -1.56. The summed E-state index contributed by atoms with van der Waals surface area (Å²) in [6.45, 7) is 0. The number of alkyl halides is 2. The number of halogens is 2. The van der Waals surface area contributed by atoms with Crippen molar-refractivity contribution in [2.24, 2.45) is 0 Å². The molecule has 0 nitrogen and oxygen atoms in total. The molecule has 1 rings (SSSR count). The van der Waals surface area contributed by atoms with Crippen molar-refractivity contribution >= 4 is 24.4 Å². The Morgan fingerprint density at radius 2 is 1.85 bits per heavy atom. The molecule has 0 N–H and O–H groups in total. The minimum Gasteiger partial charge on any atom is -0.198 e. The highest BCUT2D eigenvalue weighted by Crippen LogP contribution is 2.25. The first-order chi connectivity index (χ1) is 6.22. The minimum atomic E-state index is -2.34. The molecule has 0 fully saturated rings. The fourth-order valence-electron chi connectivity index (χ4n) is 0.967. The van der Waals surface area contributed by atoms with Crippen LogP contribution in [0, 0.1) is 0 Å². The smallest absolute Gasteiger partial charge is 0.198 e. The molecule has 0 unspecified atom stereocenters. The van der Waals surface area contributed by atoms with Gasteiger partial charge >= 0.3 is 0 Å². The second kappa shape index (κ2) is 5.50. The van der Waals surface area contributed by atoms with E-state index in [1.165, 1.54) is 0 Å². The Morgan fingerprint density at radius 1 is 1.23 bits per heavy atom. The lowest BCUT2D eigenvalue weighted by molar-refractivity contribution is 0.252. The highest BCUT2D eigenvalue weighted by atomic mass is 32.2. The molecule has 0 atom stereocenters. The lowest BCUT2D eigenvalue weighted by atomic mass is 10.2. The number of thiol groups is 1. The highest BCUT2D eigenvalue weighted by molar-refractivity contribution is 7.99. The molecule has 1 aromatic rings. The SMILES string of the molecule is FC(F)Sc1ccc(CCS)cc1. The fourth-order valence-corrected chi connectivity index (χ4v) is 1.72. The standard InChI is InChI=1S/C9H10F2S2/c10-9(11)13-8-3-1-7(2-4-8)5-6-12/h1-4,9,12H,5-6H2. The molecule has 0 saturated heterocycles. The predicted molar refractivity (Wildman–Crippen MR) is 55.9 cm³/mol. The van der Waals surface area contributed by atoms with Crippen molar-refractivity contribution in [1.82, 2.24) is 0 Å². The normalized spacial score (nSPS) is 10.8. The van der Waals surface area contributed by atoms with Crippen LogP contribution < -0.4 is 0 Å². The van der Waals surface area contributed by atoms with Gasteiger partial charge in [-0.1, -0.05) is 23.9 Å². The Labute approximate surface area is 86.1 Å². The minimum absolute atomic E-state index is 0.573. The number of hydrogen-bond donors (Lipinski definition) is 1. The van der Waals surface area contributed by atoms with Gasteiger partial charge in [0.15, 0.2) is 0 Å². The molecule has 1 aromatic carbocycles. The molecule has 0 radical (unpaired) electrons. The first-order valence-electron chi connectivity index (χ1n) is 3.87. The van der Waals surface area contributed by atoms with Crippen LogP contribution >= 0.6 is 24.4 Å². The third-order valence-corrected chi connectivity index (χ3v) is 2.50. The zero-order valence-corrected chi connectivity index (χ0v) is 8.62. The second-order valence-electron chi connectivity index (χ2n) is 2.50. The Hall–Kier alpha value is -0.220. The molecule has 0 aliphatic rings. The van der Waals surface area contributed by atoms with Gasteiger partial charge in [0, 0.05) is 4.90 Å². The van der Waals surface area contributed by atoms with Crippen molar-refractivity contribution < 1.29 is 8.78 Å². The molecule has 72 valence electrons. The molecule has 0 saturated carbocycles. The van der Waals surface area contributed by atoms with Gasteiger partial charge in [-0.05, 0) is 29.9 Å². The molecule has 4 heteroatoms. The van der Waals surface area contributed by atoms with Crippen LogP contribution in [0.4, 0.5) is 8.78 Å². The molecule has 0 spiro atoms. The maximum Gasteiger partial charge on any atom is 0.288 e. The molecule has 0 heterocycles. The first kappa shape index (κ1) is 10.9. The van der Waals surface area contributed by atoms with Crippen molar-refractivity contribution in [1.29, 1.82) is 0 Å². The van der Waals surface area contributed by atoms with Gasteiger partial charge < -0.3 is 0 Å². The van der Waals surface area contributed by atoms with Crippen LogP contribution in [0.15, 0.2) is 29.2 Å². The zero-order chi connectivity index (χ0) is 9.68. The molecular formula is C9H10F2S2. The third kappa shape index (κ3) is 4.00. The van der Waals surface area contributed by atoms with Gasteiger partial charge in [0.1, 0.15) is 0 Å². The van der Waals surface area contributed by atoms with E-state index in [4.69, 9.17) is 0 Å². The number of benzene rings is 1. The van der Waals surface area contributed by atoms with E-state index in [1.54, 1.807) is 12.1 Å². The van der Waals surface area contributed by atoms with Gasteiger partial charge in [0.25, 0.3) is 5.76 Å². The van der Waals surface area contributed by atoms with Crippen molar-refractivity contribution in [3.05, 3.63) is 29.8 Å². The van der Waals surface area contributed by atoms with E-state index in [-0.39, 0.29) is 0 Å². The van der Waals surface area contributed by atoms with Crippen LogP contribution in [0.5, 0.6) is 0 Å². The molecule has 0 aromatic heterocycles. The van der Waals surface area contributed by atoms with E-state index in [0.717, 1.165) is 17.7 Å². The summed E-state index contributed by atoms with van der Waals surface area (Å²) in [6, 6.07) is 7.16. The molecule has 0 amide bonds. The number of aryl methyl sites for hydroxylation is 1. The van der Waals surface area contributed by atoms with Crippen LogP contribution in [0.3, 0.4) is 0 Å². The van der Waals surface area contributed by atoms with Gasteiger partial charge in [0.05, 0.1) is 0 Å². The van der Waals surface area contributed by atoms with Crippen LogP contribution in [0.1, 0.15) is 5.56 Å². The highest BCUT2D eigenvalue weighted by Gasteiger charge is 2.04. The topological polar surface area (TPSA) is 0 Å². The molecule has 0 aliphatic heterocycles. The average Bonchev–Trinajstić information content (AvgIpc) is 2.08. The number of hydrogen-bond acceptors (Lipinski definition) is 2. The lowest BCUT2D eigenvalue weighted by Gasteiger charge is -2.01. The number of thioether (sulfide) groups is 1. The first-order valence-corrected chi connectivity index (χ1v) is 5.38. The monoisotopic (exact) mass is 220 g/mol. The van der Waals surface area contributed by atoms with Gasteiger partial charge in [-0.25, -0.2) is 0 Å². The van der Waals surface area contributed by atoms with Crippen LogP contribution in [0.25, 0.3) is 0 Å². The van der Waals surface area contributed by atoms with Crippen molar-refractivity contribution in [2.45, 2.75) is 17.1 Å². The van der Waals surface area contributed by atoms with Gasteiger partial charge in [-0.15, -0.1) is 0 Å². The van der Waals surface area contributed by atoms with E-state index in [2.05, 4.69) is 12.6 Å². The summed E-state index contributed by atoms with van der Waals surface area (Å²) in [6.07, 6.45) is 0.878. The van der Waals surface area contributed by atoms with E-state index >= 15 is 0 Å². The summed E-state index contributed by atoms with van der Waals surface area (Å²) >= 11 is 4.66. The van der Waals surface area contributed by atoms with Crippen LogP contribution in [-0.4, -0.2) is 11.5 Å². The fraction of sp³-hybridized carbons (Fsp3) is 0.333. The molecule has 0 bridgehead atoms. The van der Waals surface area contributed by atoms with Gasteiger partial charge in [0.2, 0.25) is 0 Å². The second-order valence-corrected chi connectivity index (χ2v) is 4.01. The van der Waals surface area contributed by atoms with Gasteiger partial charge in [-0.2, -0.15) is 21.4 Å². The summed E-state index contributed by atoms with van der Waals surface area (Å²) in [7, 11) is 0. The lowest BCUT2D eigenvalue weighted by Crippen LogP contribution is -1.86. The summed E-state index contributed by atoms with van der Waals surface area (Å²) in [5, 5.41) is 0. The van der Waals surface area contributed by atoms with E-state index < -0.39 is 5.76 Å². The van der Waals surface area contributed by atoms with Gasteiger partial charge in [-0.3, -0.25) is 0 Å². The van der Waals surface area contributed by atoms with E-state index in [9.17, 15) is 8.78 Å². The summed E-state index contributed by atoms with van der Waals surface area (Å²) in [5.41, 5.74) is 1.13. The molecule has 13 heavy (non-hydrogen) atoms. The Kier molecular flexibility index (Phi) is 4.59. The van der Waals surface area contributed by atoms with Crippen molar-refractivity contribution in [3.63, 3.8) is 0 Å². The van der Waals surface area contributed by atoms with Crippen LogP contribution in [-0.2, 0) is 6.42 Å². The quantitative estimate of drug-likeness (QED) is 0.599. The van der Waals surface area contributed by atoms with E-state index in [0.29, 0.717) is 16.7 Å². The van der Waals surface area contributed by atoms with Crippen molar-refractivity contribution in [3.8, 4) is 0 Å². The van der Waals surface area contributed by atoms with Crippen LogP contribution in [0.2, 0.25) is 0 Å². The number of rotatable bonds is 4. The Morgan fingerprint density at radius 3 is 2.31 bits per heavy atom.